The van der Waals surface area contributed by atoms with Gasteiger partial charge in [-0.25, -0.2) is 4.98 Å². The highest BCUT2D eigenvalue weighted by molar-refractivity contribution is 7.85. The van der Waals surface area contributed by atoms with Crippen LogP contribution in [0.25, 0.3) is 11.2 Å². The number of hydrogen-bond donors (Lipinski definition) is 2. The SMILES string of the molecule is O=S(=O)(O)c1nc2nc(Cl)ncc2[nH]1. The molecule has 0 aromatic carbocycles. The van der Waals surface area contributed by atoms with Crippen molar-refractivity contribution in [1.29, 1.82) is 0 Å². The van der Waals surface area contributed by atoms with Crippen molar-refractivity contribution in [2.45, 2.75) is 5.16 Å². The van der Waals surface area contributed by atoms with Crippen molar-refractivity contribution in [3.63, 3.8) is 0 Å². The van der Waals surface area contributed by atoms with Gasteiger partial charge in [0.25, 0.3) is 5.16 Å². The van der Waals surface area contributed by atoms with E-state index >= 15 is 0 Å². The first-order chi connectivity index (χ1) is 6.47. The van der Waals surface area contributed by atoms with Gasteiger partial charge in [-0.3, -0.25) is 4.55 Å². The first-order valence-corrected chi connectivity index (χ1v) is 5.14. The molecule has 0 fully saturated rings. The van der Waals surface area contributed by atoms with Gasteiger partial charge in [-0.2, -0.15) is 18.4 Å². The molecule has 0 spiro atoms. The highest BCUT2D eigenvalue weighted by Gasteiger charge is 2.15. The van der Waals surface area contributed by atoms with Crippen LogP contribution in [0.1, 0.15) is 0 Å². The molecule has 0 bridgehead atoms. The molecule has 0 atom stereocenters. The molecule has 0 amide bonds. The van der Waals surface area contributed by atoms with Crippen molar-refractivity contribution in [2.24, 2.45) is 0 Å². The molecule has 0 aliphatic carbocycles. The van der Waals surface area contributed by atoms with Gasteiger partial charge in [0.1, 0.15) is 5.52 Å². The van der Waals surface area contributed by atoms with E-state index in [0.29, 0.717) is 0 Å². The van der Waals surface area contributed by atoms with Crippen molar-refractivity contribution in [1.82, 2.24) is 19.9 Å². The molecular formula is C5H3ClN4O3S. The lowest BCUT2D eigenvalue weighted by Crippen LogP contribution is -1.99. The van der Waals surface area contributed by atoms with Crippen molar-refractivity contribution in [3.8, 4) is 0 Å². The fourth-order valence-corrected chi connectivity index (χ4v) is 1.46. The minimum Gasteiger partial charge on any atom is -0.324 e. The summed E-state index contributed by atoms with van der Waals surface area (Å²) in [5, 5.41) is -0.630. The minimum absolute atomic E-state index is 0.0501. The van der Waals surface area contributed by atoms with Crippen LogP contribution in [0.3, 0.4) is 0 Å². The van der Waals surface area contributed by atoms with Crippen LogP contribution in [0.15, 0.2) is 11.4 Å². The van der Waals surface area contributed by atoms with Gasteiger partial charge in [-0.15, -0.1) is 0 Å². The predicted octanol–water partition coefficient (Wildman–Crippen LogP) is 0.253. The molecule has 0 aliphatic rings. The van der Waals surface area contributed by atoms with Gasteiger partial charge in [0.15, 0.2) is 5.65 Å². The predicted molar refractivity (Wildman–Crippen MR) is 46.5 cm³/mol. The van der Waals surface area contributed by atoms with Crippen molar-refractivity contribution in [3.05, 3.63) is 11.5 Å². The average molecular weight is 235 g/mol. The molecule has 0 unspecified atom stereocenters. The largest absolute Gasteiger partial charge is 0.328 e. The normalized spacial score (nSPS) is 12.1. The number of H-pyrrole nitrogens is 1. The third-order valence-corrected chi connectivity index (χ3v) is 2.30. The summed E-state index contributed by atoms with van der Waals surface area (Å²) in [5.74, 6) is 0. The summed E-state index contributed by atoms with van der Waals surface area (Å²) >= 11 is 5.45. The van der Waals surface area contributed by atoms with Gasteiger partial charge in [0.2, 0.25) is 5.28 Å². The Morgan fingerprint density at radius 1 is 1.43 bits per heavy atom. The molecular weight excluding hydrogens is 232 g/mol. The van der Waals surface area contributed by atoms with E-state index in [1.807, 2.05) is 0 Å². The van der Waals surface area contributed by atoms with Crippen LogP contribution in [0.5, 0.6) is 0 Å². The van der Waals surface area contributed by atoms with E-state index in [1.54, 1.807) is 0 Å². The van der Waals surface area contributed by atoms with E-state index in [1.165, 1.54) is 6.20 Å². The monoisotopic (exact) mass is 234 g/mol. The average Bonchev–Trinajstić information content (AvgIpc) is 2.45. The molecule has 7 nitrogen and oxygen atoms in total. The smallest absolute Gasteiger partial charge is 0.324 e. The van der Waals surface area contributed by atoms with Crippen LogP contribution in [-0.4, -0.2) is 32.9 Å². The highest BCUT2D eigenvalue weighted by Crippen LogP contribution is 2.12. The summed E-state index contributed by atoms with van der Waals surface area (Å²) in [6.45, 7) is 0. The number of hydrogen-bond acceptors (Lipinski definition) is 5. The first-order valence-electron chi connectivity index (χ1n) is 3.32. The van der Waals surface area contributed by atoms with Crippen LogP contribution in [0.4, 0.5) is 0 Å². The Kier molecular flexibility index (Phi) is 1.91. The molecule has 2 aromatic heterocycles. The molecule has 0 aliphatic heterocycles. The first kappa shape index (κ1) is 9.31. The third kappa shape index (κ3) is 1.54. The molecule has 2 heterocycles. The lowest BCUT2D eigenvalue weighted by molar-refractivity contribution is 0.476. The molecule has 2 aromatic rings. The molecule has 0 radical (unpaired) electrons. The lowest BCUT2D eigenvalue weighted by Gasteiger charge is -1.85. The number of fused-ring (bicyclic) bond motifs is 1. The van der Waals surface area contributed by atoms with Crippen LogP contribution >= 0.6 is 11.6 Å². The molecule has 0 saturated heterocycles. The Hall–Kier alpha value is -1.25. The fraction of sp³-hybridized carbons (Fsp3) is 0. The van der Waals surface area contributed by atoms with E-state index in [4.69, 9.17) is 16.2 Å². The summed E-state index contributed by atoms with van der Waals surface area (Å²) in [5.41, 5.74) is 0.361. The standard InChI is InChI=1S/C5H3ClN4O3S/c6-4-7-1-2-3(9-4)10-5(8-2)14(11,12)13/h1H,(H,11,12,13)(H,7,8,9,10). The van der Waals surface area contributed by atoms with Crippen molar-refractivity contribution in [2.75, 3.05) is 0 Å². The van der Waals surface area contributed by atoms with Crippen molar-refractivity contribution >= 4 is 32.9 Å². The maximum Gasteiger partial charge on any atom is 0.328 e. The molecule has 14 heavy (non-hydrogen) atoms. The Morgan fingerprint density at radius 3 is 2.79 bits per heavy atom. The third-order valence-electron chi connectivity index (χ3n) is 1.43. The zero-order valence-corrected chi connectivity index (χ0v) is 8.04. The van der Waals surface area contributed by atoms with Gasteiger partial charge < -0.3 is 4.98 Å². The number of halogens is 1. The lowest BCUT2D eigenvalue weighted by atomic mass is 10.6. The van der Waals surface area contributed by atoms with Gasteiger partial charge in [-0.1, -0.05) is 0 Å². The molecule has 0 saturated carbocycles. The summed E-state index contributed by atoms with van der Waals surface area (Å²) in [6, 6.07) is 0. The van der Waals surface area contributed by atoms with E-state index in [0.717, 1.165) is 0 Å². The Bertz CT molecular complexity index is 592. The van der Waals surface area contributed by atoms with Gasteiger partial charge in [-0.05, 0) is 11.6 Å². The Balaban J connectivity index is 2.75. The van der Waals surface area contributed by atoms with Crippen molar-refractivity contribution < 1.29 is 13.0 Å². The van der Waals surface area contributed by atoms with Crippen LogP contribution < -0.4 is 0 Å². The second kappa shape index (κ2) is 2.87. The van der Waals surface area contributed by atoms with E-state index in [2.05, 4.69) is 19.9 Å². The van der Waals surface area contributed by atoms with Gasteiger partial charge >= 0.3 is 10.1 Å². The topological polar surface area (TPSA) is 109 Å². The molecule has 9 heteroatoms. The Morgan fingerprint density at radius 2 is 2.14 bits per heavy atom. The number of nitrogens with zero attached hydrogens (tertiary/aromatic N) is 3. The van der Waals surface area contributed by atoms with Crippen LogP contribution in [-0.2, 0) is 10.1 Å². The second-order valence-corrected chi connectivity index (χ2v) is 4.07. The number of imidazole rings is 1. The minimum atomic E-state index is -4.36. The molecule has 74 valence electrons. The number of rotatable bonds is 1. The zero-order valence-electron chi connectivity index (χ0n) is 6.47. The van der Waals surface area contributed by atoms with Crippen LogP contribution in [0, 0.1) is 0 Å². The van der Waals surface area contributed by atoms with E-state index in [-0.39, 0.29) is 16.4 Å². The summed E-state index contributed by atoms with van der Waals surface area (Å²) in [6.07, 6.45) is 1.27. The number of nitrogens with one attached hydrogen (secondary N) is 1. The molecule has 2 N–H and O–H groups in total. The van der Waals surface area contributed by atoms with E-state index < -0.39 is 15.3 Å². The summed E-state index contributed by atoms with van der Waals surface area (Å²) < 4.78 is 30.0. The number of aromatic amines is 1. The highest BCUT2D eigenvalue weighted by atomic mass is 35.5. The fourth-order valence-electron chi connectivity index (χ4n) is 0.887. The number of aromatic nitrogens is 4. The zero-order chi connectivity index (χ0) is 10.3. The summed E-state index contributed by atoms with van der Waals surface area (Å²) in [7, 11) is -4.36. The quantitative estimate of drug-likeness (QED) is 0.541. The van der Waals surface area contributed by atoms with Gasteiger partial charge in [0.05, 0.1) is 6.20 Å². The van der Waals surface area contributed by atoms with Crippen LogP contribution in [0.2, 0.25) is 5.28 Å². The maximum atomic E-state index is 10.7. The Labute approximate surface area is 82.9 Å². The second-order valence-electron chi connectivity index (χ2n) is 2.39. The van der Waals surface area contributed by atoms with Gasteiger partial charge in [0, 0.05) is 0 Å². The summed E-state index contributed by atoms with van der Waals surface area (Å²) in [4.78, 5) is 13.1. The molecule has 2 rings (SSSR count). The van der Waals surface area contributed by atoms with E-state index in [9.17, 15) is 8.42 Å². The maximum absolute atomic E-state index is 10.7.